The van der Waals surface area contributed by atoms with Crippen LogP contribution in [0.25, 0.3) is 0 Å². The molecule has 1 atom stereocenters. The molecule has 0 aliphatic carbocycles. The normalized spacial score (nSPS) is 18.8. The average Bonchev–Trinajstić information content (AvgIpc) is 3.19. The van der Waals surface area contributed by atoms with Gasteiger partial charge in [-0.3, -0.25) is 4.79 Å². The predicted octanol–water partition coefficient (Wildman–Crippen LogP) is 6.32. The van der Waals surface area contributed by atoms with Gasteiger partial charge < -0.3 is 10.2 Å². The summed E-state index contributed by atoms with van der Waals surface area (Å²) in [4.78, 5) is 15.1. The summed E-state index contributed by atoms with van der Waals surface area (Å²) in [7, 11) is 0. The number of benzene rings is 3. The Bertz CT molecular complexity index is 1080. The standard InChI is InChI=1S/C29H30F2N2O/c30-23-11-7-20(8-12-23)25(21-9-13-24(31)14-10-21)5-3-17-33-18-15-22(16-19-33)28-26-4-1-2-6-27(26)32-29(28)34/h1-2,4,6-14,22,25,28H,3,5,15-19H2,(H,32,34). The molecule has 2 aliphatic rings. The molecule has 0 radical (unpaired) electrons. The van der Waals surface area contributed by atoms with Gasteiger partial charge in [0.2, 0.25) is 5.91 Å². The highest BCUT2D eigenvalue weighted by atomic mass is 19.1. The minimum Gasteiger partial charge on any atom is -0.325 e. The second-order valence-corrected chi connectivity index (χ2v) is 9.53. The fourth-order valence-electron chi connectivity index (χ4n) is 5.65. The Hall–Kier alpha value is -3.05. The number of rotatable bonds is 7. The average molecular weight is 461 g/mol. The van der Waals surface area contributed by atoms with Gasteiger partial charge in [0.05, 0.1) is 5.92 Å². The Kier molecular flexibility index (Phi) is 6.73. The number of piperidine rings is 1. The number of fused-ring (bicyclic) bond motifs is 1. The van der Waals surface area contributed by atoms with Crippen LogP contribution in [0.15, 0.2) is 72.8 Å². The van der Waals surface area contributed by atoms with E-state index in [-0.39, 0.29) is 29.4 Å². The smallest absolute Gasteiger partial charge is 0.232 e. The van der Waals surface area contributed by atoms with E-state index in [4.69, 9.17) is 0 Å². The summed E-state index contributed by atoms with van der Waals surface area (Å²) in [6.07, 6.45) is 3.95. The van der Waals surface area contributed by atoms with Crippen LogP contribution in [0.4, 0.5) is 14.5 Å². The summed E-state index contributed by atoms with van der Waals surface area (Å²) in [5.74, 6) is 0.107. The molecule has 2 heterocycles. The van der Waals surface area contributed by atoms with Crippen molar-refractivity contribution in [1.82, 2.24) is 4.90 Å². The first kappa shape index (κ1) is 22.7. The number of carbonyl (C=O) groups excluding carboxylic acids is 1. The zero-order valence-electron chi connectivity index (χ0n) is 19.2. The summed E-state index contributed by atoms with van der Waals surface area (Å²) >= 11 is 0. The molecule has 5 heteroatoms. The van der Waals surface area contributed by atoms with Gasteiger partial charge >= 0.3 is 0 Å². The Balaban J connectivity index is 1.18. The Labute approximate surface area is 199 Å². The molecular formula is C29H30F2N2O. The van der Waals surface area contributed by atoms with Crippen molar-refractivity contribution >= 4 is 11.6 Å². The first-order valence-corrected chi connectivity index (χ1v) is 12.2. The highest BCUT2D eigenvalue weighted by molar-refractivity contribution is 6.03. The number of amides is 1. The van der Waals surface area contributed by atoms with Crippen LogP contribution in [0.3, 0.4) is 0 Å². The molecule has 176 valence electrons. The van der Waals surface area contributed by atoms with Gasteiger partial charge in [0.15, 0.2) is 0 Å². The lowest BCUT2D eigenvalue weighted by Gasteiger charge is -2.34. The fraction of sp³-hybridized carbons (Fsp3) is 0.345. The molecule has 0 bridgehead atoms. The Morgan fingerprint density at radius 3 is 2.06 bits per heavy atom. The second kappa shape index (κ2) is 10.1. The molecule has 1 unspecified atom stereocenters. The van der Waals surface area contributed by atoms with Crippen molar-refractivity contribution in [3.8, 4) is 0 Å². The van der Waals surface area contributed by atoms with Crippen LogP contribution in [0.2, 0.25) is 0 Å². The number of likely N-dealkylation sites (tertiary alicyclic amines) is 1. The van der Waals surface area contributed by atoms with Crippen molar-refractivity contribution in [1.29, 1.82) is 0 Å². The molecule has 2 aliphatic heterocycles. The fourth-order valence-corrected chi connectivity index (χ4v) is 5.65. The lowest BCUT2D eigenvalue weighted by atomic mass is 9.80. The molecule has 3 aromatic rings. The number of nitrogens with one attached hydrogen (secondary N) is 1. The first-order valence-electron chi connectivity index (χ1n) is 12.2. The highest BCUT2D eigenvalue weighted by Crippen LogP contribution is 2.41. The van der Waals surface area contributed by atoms with Crippen LogP contribution in [-0.2, 0) is 4.79 Å². The summed E-state index contributed by atoms with van der Waals surface area (Å²) in [6.45, 7) is 2.97. The van der Waals surface area contributed by atoms with Crippen LogP contribution < -0.4 is 5.32 Å². The quantitative estimate of drug-likeness (QED) is 0.447. The topological polar surface area (TPSA) is 32.3 Å². The van der Waals surface area contributed by atoms with E-state index in [0.717, 1.165) is 67.7 Å². The van der Waals surface area contributed by atoms with Gasteiger partial charge in [0.1, 0.15) is 11.6 Å². The van der Waals surface area contributed by atoms with E-state index in [1.54, 1.807) is 0 Å². The number of nitrogens with zero attached hydrogens (tertiary/aromatic N) is 1. The first-order chi connectivity index (χ1) is 16.6. The van der Waals surface area contributed by atoms with Crippen LogP contribution in [-0.4, -0.2) is 30.4 Å². The Morgan fingerprint density at radius 1 is 0.853 bits per heavy atom. The molecule has 3 aromatic carbocycles. The van der Waals surface area contributed by atoms with Crippen molar-refractivity contribution in [2.24, 2.45) is 5.92 Å². The van der Waals surface area contributed by atoms with Gasteiger partial charge in [0.25, 0.3) is 0 Å². The molecule has 1 fully saturated rings. The number of anilines is 1. The molecule has 0 spiro atoms. The maximum atomic E-state index is 13.5. The Morgan fingerprint density at radius 2 is 1.44 bits per heavy atom. The monoisotopic (exact) mass is 460 g/mol. The minimum absolute atomic E-state index is 0.0281. The van der Waals surface area contributed by atoms with E-state index in [1.807, 2.05) is 42.5 Å². The van der Waals surface area contributed by atoms with Gasteiger partial charge in [-0.15, -0.1) is 0 Å². The van der Waals surface area contributed by atoms with E-state index >= 15 is 0 Å². The second-order valence-electron chi connectivity index (χ2n) is 9.53. The summed E-state index contributed by atoms with van der Waals surface area (Å²) < 4.78 is 26.9. The third-order valence-electron chi connectivity index (χ3n) is 7.45. The van der Waals surface area contributed by atoms with Crippen molar-refractivity contribution in [3.63, 3.8) is 0 Å². The van der Waals surface area contributed by atoms with Gasteiger partial charge in [-0.25, -0.2) is 8.78 Å². The minimum atomic E-state index is -0.247. The molecule has 34 heavy (non-hydrogen) atoms. The summed E-state index contributed by atoms with van der Waals surface area (Å²) in [5, 5.41) is 3.04. The summed E-state index contributed by atoms with van der Waals surface area (Å²) in [5.41, 5.74) is 4.22. The molecule has 0 aromatic heterocycles. The largest absolute Gasteiger partial charge is 0.325 e. The summed E-state index contributed by atoms with van der Waals surface area (Å²) in [6, 6.07) is 21.4. The zero-order chi connectivity index (χ0) is 23.5. The van der Waals surface area contributed by atoms with E-state index in [9.17, 15) is 13.6 Å². The molecule has 1 N–H and O–H groups in total. The highest BCUT2D eigenvalue weighted by Gasteiger charge is 2.37. The molecule has 3 nitrogen and oxygen atoms in total. The molecular weight excluding hydrogens is 430 g/mol. The number of hydrogen-bond acceptors (Lipinski definition) is 2. The third kappa shape index (κ3) is 4.90. The van der Waals surface area contributed by atoms with Gasteiger partial charge in [0, 0.05) is 11.6 Å². The SMILES string of the molecule is O=C1Nc2ccccc2C1C1CCN(CCCC(c2ccc(F)cc2)c2ccc(F)cc2)CC1. The number of carbonyl (C=O) groups is 1. The zero-order valence-corrected chi connectivity index (χ0v) is 19.2. The van der Waals surface area contributed by atoms with E-state index in [0.29, 0.717) is 5.92 Å². The van der Waals surface area contributed by atoms with E-state index < -0.39 is 0 Å². The van der Waals surface area contributed by atoms with E-state index in [1.165, 1.54) is 24.3 Å². The van der Waals surface area contributed by atoms with Gasteiger partial charge in [-0.05, 0) is 98.3 Å². The number of hydrogen-bond donors (Lipinski definition) is 1. The van der Waals surface area contributed by atoms with E-state index in [2.05, 4.69) is 16.3 Å². The van der Waals surface area contributed by atoms with Crippen LogP contribution in [0.5, 0.6) is 0 Å². The number of halogens is 2. The maximum absolute atomic E-state index is 13.5. The number of para-hydroxylation sites is 1. The van der Waals surface area contributed by atoms with Crippen molar-refractivity contribution in [3.05, 3.63) is 101 Å². The lowest BCUT2D eigenvalue weighted by molar-refractivity contribution is -0.118. The van der Waals surface area contributed by atoms with Crippen molar-refractivity contribution in [2.45, 2.75) is 37.5 Å². The lowest BCUT2D eigenvalue weighted by Crippen LogP contribution is -2.37. The third-order valence-corrected chi connectivity index (χ3v) is 7.45. The van der Waals surface area contributed by atoms with Crippen LogP contribution >= 0.6 is 0 Å². The maximum Gasteiger partial charge on any atom is 0.232 e. The van der Waals surface area contributed by atoms with Crippen molar-refractivity contribution < 1.29 is 13.6 Å². The van der Waals surface area contributed by atoms with Gasteiger partial charge in [-0.1, -0.05) is 42.5 Å². The predicted molar refractivity (Wildman–Crippen MR) is 131 cm³/mol. The van der Waals surface area contributed by atoms with Gasteiger partial charge in [-0.2, -0.15) is 0 Å². The molecule has 1 amide bonds. The molecule has 0 saturated carbocycles. The van der Waals surface area contributed by atoms with Crippen LogP contribution in [0, 0.1) is 17.6 Å². The van der Waals surface area contributed by atoms with Crippen LogP contribution in [0.1, 0.15) is 54.2 Å². The van der Waals surface area contributed by atoms with Crippen molar-refractivity contribution in [2.75, 3.05) is 25.0 Å². The molecule has 1 saturated heterocycles. The molecule has 5 rings (SSSR count).